The third kappa shape index (κ3) is 3.92. The van der Waals surface area contributed by atoms with Crippen LogP contribution >= 0.6 is 11.7 Å². The first-order valence-corrected chi connectivity index (χ1v) is 15.2. The molecule has 44 heavy (non-hydrogen) atoms. The molecule has 0 atom stereocenters. The van der Waals surface area contributed by atoms with Gasteiger partial charge in [-0.3, -0.25) is 4.57 Å². The standard InChI is InChI=1S/C38H23N5S/c1-2-8-28(9-3-1)43-34-13-7-6-12-32(34)40-38(43)27-20-16-25(17-21-27)24-14-18-26(19-15-24)36-30-22-23-33-37(42-44-41-33)35(30)29-10-4-5-11-31(29)39-36/h1-23H. The Morgan fingerprint density at radius 3 is 1.91 bits per heavy atom. The zero-order valence-corrected chi connectivity index (χ0v) is 24.2. The molecule has 0 N–H and O–H groups in total. The van der Waals surface area contributed by atoms with Gasteiger partial charge in [-0.2, -0.15) is 8.75 Å². The van der Waals surface area contributed by atoms with Gasteiger partial charge in [0.25, 0.3) is 0 Å². The van der Waals surface area contributed by atoms with E-state index in [4.69, 9.17) is 9.97 Å². The van der Waals surface area contributed by atoms with E-state index in [0.717, 1.165) is 83.2 Å². The lowest BCUT2D eigenvalue weighted by Crippen LogP contribution is -1.97. The highest BCUT2D eigenvalue weighted by atomic mass is 32.1. The highest BCUT2D eigenvalue weighted by molar-refractivity contribution is 7.00. The molecule has 0 saturated carbocycles. The average Bonchev–Trinajstić information content (AvgIpc) is 3.74. The smallest absolute Gasteiger partial charge is 0.145 e. The largest absolute Gasteiger partial charge is 0.292 e. The quantitative estimate of drug-likeness (QED) is 0.194. The topological polar surface area (TPSA) is 56.5 Å². The molecule has 0 unspecified atom stereocenters. The van der Waals surface area contributed by atoms with Gasteiger partial charge in [0, 0.05) is 33.0 Å². The lowest BCUT2D eigenvalue weighted by atomic mass is 9.97. The Morgan fingerprint density at radius 2 is 1.11 bits per heavy atom. The summed E-state index contributed by atoms with van der Waals surface area (Å²) in [6, 6.07) is 48.5. The fraction of sp³-hybridized carbons (Fsp3) is 0. The van der Waals surface area contributed by atoms with E-state index in [1.54, 1.807) is 0 Å². The van der Waals surface area contributed by atoms with E-state index in [0.29, 0.717) is 0 Å². The Balaban J connectivity index is 1.11. The highest BCUT2D eigenvalue weighted by Crippen LogP contribution is 2.37. The molecular formula is C38H23N5S. The third-order valence-corrected chi connectivity index (χ3v) is 8.84. The van der Waals surface area contributed by atoms with E-state index in [9.17, 15) is 0 Å². The summed E-state index contributed by atoms with van der Waals surface area (Å²) in [5.41, 5.74) is 11.4. The average molecular weight is 582 g/mol. The molecule has 0 aliphatic heterocycles. The van der Waals surface area contributed by atoms with Crippen LogP contribution in [-0.4, -0.2) is 23.3 Å². The summed E-state index contributed by atoms with van der Waals surface area (Å²) in [7, 11) is 0. The van der Waals surface area contributed by atoms with Crippen molar-refractivity contribution in [3.8, 4) is 39.5 Å². The molecular weight excluding hydrogens is 559 g/mol. The molecule has 0 fully saturated rings. The number of imidazole rings is 1. The number of hydrogen-bond acceptors (Lipinski definition) is 5. The van der Waals surface area contributed by atoms with Crippen LogP contribution in [0.1, 0.15) is 0 Å². The molecule has 3 heterocycles. The minimum atomic E-state index is 0.919. The number of hydrogen-bond donors (Lipinski definition) is 0. The van der Waals surface area contributed by atoms with Crippen molar-refractivity contribution >= 4 is 55.5 Å². The van der Waals surface area contributed by atoms with Crippen LogP contribution in [0.4, 0.5) is 0 Å². The van der Waals surface area contributed by atoms with Crippen molar-refractivity contribution < 1.29 is 0 Å². The summed E-state index contributed by atoms with van der Waals surface area (Å²) in [6.07, 6.45) is 0. The van der Waals surface area contributed by atoms with Crippen LogP contribution < -0.4 is 0 Å². The Labute approximate surface area is 257 Å². The Bertz CT molecular complexity index is 2480. The maximum Gasteiger partial charge on any atom is 0.145 e. The predicted octanol–water partition coefficient (Wildman–Crippen LogP) is 9.73. The van der Waals surface area contributed by atoms with Gasteiger partial charge in [0.05, 0.1) is 34.0 Å². The first kappa shape index (κ1) is 24.8. The zero-order chi connectivity index (χ0) is 29.0. The van der Waals surface area contributed by atoms with Gasteiger partial charge in [0.1, 0.15) is 16.9 Å². The van der Waals surface area contributed by atoms with Crippen molar-refractivity contribution in [2.75, 3.05) is 0 Å². The van der Waals surface area contributed by atoms with Gasteiger partial charge in [-0.15, -0.1) is 0 Å². The molecule has 0 amide bonds. The summed E-state index contributed by atoms with van der Waals surface area (Å²) in [6.45, 7) is 0. The Morgan fingerprint density at radius 1 is 0.455 bits per heavy atom. The summed E-state index contributed by atoms with van der Waals surface area (Å²) in [4.78, 5) is 10.1. The van der Waals surface area contributed by atoms with Gasteiger partial charge in [-0.05, 0) is 53.6 Å². The fourth-order valence-electron chi connectivity index (χ4n) is 6.20. The molecule has 6 heteroatoms. The summed E-state index contributed by atoms with van der Waals surface area (Å²) >= 11 is 1.25. The SMILES string of the molecule is c1ccc(-n2c(-c3ccc(-c4ccc(-c5nc6ccccc6c6c5ccc5nsnc56)cc4)cc3)nc3ccccc32)cc1. The number of pyridine rings is 1. The molecule has 9 rings (SSSR count). The maximum absolute atomic E-state index is 5.11. The van der Waals surface area contributed by atoms with Crippen LogP contribution in [0.15, 0.2) is 140 Å². The van der Waals surface area contributed by atoms with E-state index in [1.165, 1.54) is 11.7 Å². The minimum absolute atomic E-state index is 0.919. The van der Waals surface area contributed by atoms with Crippen LogP contribution in [0, 0.1) is 0 Å². The number of aromatic nitrogens is 5. The Hall–Kier alpha value is -5.72. The lowest BCUT2D eigenvalue weighted by molar-refractivity contribution is 1.10. The second-order valence-electron chi connectivity index (χ2n) is 10.8. The van der Waals surface area contributed by atoms with Gasteiger partial charge in [-0.25, -0.2) is 9.97 Å². The third-order valence-electron chi connectivity index (χ3n) is 8.30. The zero-order valence-electron chi connectivity index (χ0n) is 23.4. The van der Waals surface area contributed by atoms with Crippen molar-refractivity contribution in [2.24, 2.45) is 0 Å². The molecule has 0 radical (unpaired) electrons. The first-order chi connectivity index (χ1) is 21.8. The maximum atomic E-state index is 5.11. The van der Waals surface area contributed by atoms with Crippen LogP contribution in [0.2, 0.25) is 0 Å². The van der Waals surface area contributed by atoms with Crippen LogP contribution in [-0.2, 0) is 0 Å². The predicted molar refractivity (Wildman–Crippen MR) is 181 cm³/mol. The normalized spacial score (nSPS) is 11.6. The molecule has 5 nitrogen and oxygen atoms in total. The second-order valence-corrected chi connectivity index (χ2v) is 11.4. The van der Waals surface area contributed by atoms with Gasteiger partial charge in [0.2, 0.25) is 0 Å². The molecule has 206 valence electrons. The number of rotatable bonds is 4. The van der Waals surface area contributed by atoms with Crippen molar-refractivity contribution in [1.29, 1.82) is 0 Å². The summed E-state index contributed by atoms with van der Waals surface area (Å²) < 4.78 is 11.4. The van der Waals surface area contributed by atoms with Crippen molar-refractivity contribution in [3.05, 3.63) is 140 Å². The molecule has 3 aromatic heterocycles. The summed E-state index contributed by atoms with van der Waals surface area (Å²) in [5, 5.41) is 3.29. The van der Waals surface area contributed by atoms with E-state index in [1.807, 2.05) is 24.3 Å². The van der Waals surface area contributed by atoms with Crippen molar-refractivity contribution in [1.82, 2.24) is 23.3 Å². The Kier molecular flexibility index (Phi) is 5.61. The summed E-state index contributed by atoms with van der Waals surface area (Å²) in [5.74, 6) is 0.929. The number of nitrogens with zero attached hydrogens (tertiary/aromatic N) is 5. The van der Waals surface area contributed by atoms with Gasteiger partial charge in [0.15, 0.2) is 0 Å². The van der Waals surface area contributed by atoms with Gasteiger partial charge >= 0.3 is 0 Å². The first-order valence-electron chi connectivity index (χ1n) is 14.5. The van der Waals surface area contributed by atoms with Crippen LogP contribution in [0.5, 0.6) is 0 Å². The van der Waals surface area contributed by atoms with Crippen LogP contribution in [0.25, 0.3) is 83.2 Å². The molecule has 0 aliphatic rings. The van der Waals surface area contributed by atoms with E-state index >= 15 is 0 Å². The van der Waals surface area contributed by atoms with Crippen molar-refractivity contribution in [3.63, 3.8) is 0 Å². The number of para-hydroxylation sites is 4. The van der Waals surface area contributed by atoms with Crippen molar-refractivity contribution in [2.45, 2.75) is 0 Å². The number of benzene rings is 6. The second kappa shape index (κ2) is 9.93. The van der Waals surface area contributed by atoms with Gasteiger partial charge in [-0.1, -0.05) is 97.1 Å². The molecule has 0 saturated heterocycles. The molecule has 6 aromatic carbocycles. The lowest BCUT2D eigenvalue weighted by Gasteiger charge is -2.12. The van der Waals surface area contributed by atoms with E-state index < -0.39 is 0 Å². The monoisotopic (exact) mass is 581 g/mol. The molecule has 0 aliphatic carbocycles. The van der Waals surface area contributed by atoms with Crippen LogP contribution in [0.3, 0.4) is 0 Å². The highest BCUT2D eigenvalue weighted by Gasteiger charge is 2.16. The van der Waals surface area contributed by atoms with Gasteiger partial charge < -0.3 is 0 Å². The molecule has 9 aromatic rings. The molecule has 0 spiro atoms. The van der Waals surface area contributed by atoms with E-state index in [2.05, 4.69) is 129 Å². The number of fused-ring (bicyclic) bond motifs is 6. The van der Waals surface area contributed by atoms with E-state index in [-0.39, 0.29) is 0 Å². The fourth-order valence-corrected chi connectivity index (χ4v) is 6.74. The molecule has 0 bridgehead atoms. The minimum Gasteiger partial charge on any atom is -0.292 e.